The monoisotopic (exact) mass is 250 g/mol. The number of hydrogen-bond acceptors (Lipinski definition) is 3. The second-order valence-electron chi connectivity index (χ2n) is 4.01. The van der Waals surface area contributed by atoms with E-state index < -0.39 is 18.4 Å². The van der Waals surface area contributed by atoms with Gasteiger partial charge in [0.05, 0.1) is 6.04 Å². The van der Waals surface area contributed by atoms with Crippen molar-refractivity contribution < 1.29 is 13.2 Å². The molecule has 1 aliphatic rings. The number of nitrogens with zero attached hydrogens (tertiary/aromatic N) is 3. The fourth-order valence-corrected chi connectivity index (χ4v) is 1.80. The summed E-state index contributed by atoms with van der Waals surface area (Å²) in [6.45, 7) is 1.64. The fourth-order valence-electron chi connectivity index (χ4n) is 1.80. The molecule has 0 saturated carbocycles. The first-order valence-corrected chi connectivity index (χ1v) is 5.38. The minimum Gasteiger partial charge on any atom is -0.313 e. The maximum absolute atomic E-state index is 12.2. The summed E-state index contributed by atoms with van der Waals surface area (Å²) in [7, 11) is 0. The highest BCUT2D eigenvalue weighted by Crippen LogP contribution is 2.17. The number of aryl methyl sites for hydroxylation is 1. The molecule has 17 heavy (non-hydrogen) atoms. The van der Waals surface area contributed by atoms with Crippen LogP contribution in [0.3, 0.4) is 0 Å². The third-order valence-electron chi connectivity index (χ3n) is 2.71. The van der Waals surface area contributed by atoms with Gasteiger partial charge in [-0.25, -0.2) is 9.48 Å². The Morgan fingerprint density at radius 2 is 2.12 bits per heavy atom. The molecule has 0 spiro atoms. The van der Waals surface area contributed by atoms with Gasteiger partial charge in [0.25, 0.3) is 0 Å². The average Bonchev–Trinajstić information content (AvgIpc) is 2.41. The maximum atomic E-state index is 12.2. The van der Waals surface area contributed by atoms with Crippen molar-refractivity contribution in [3.63, 3.8) is 0 Å². The van der Waals surface area contributed by atoms with Gasteiger partial charge in [0, 0.05) is 19.5 Å². The summed E-state index contributed by atoms with van der Waals surface area (Å²) in [4.78, 5) is 11.8. The molecule has 0 amide bonds. The summed E-state index contributed by atoms with van der Waals surface area (Å²) in [6.07, 6.45) is -3.98. The van der Waals surface area contributed by atoms with Crippen molar-refractivity contribution in [2.75, 3.05) is 13.1 Å². The summed E-state index contributed by atoms with van der Waals surface area (Å²) >= 11 is 0. The van der Waals surface area contributed by atoms with Crippen LogP contribution in [0.4, 0.5) is 13.2 Å². The Morgan fingerprint density at radius 1 is 1.47 bits per heavy atom. The lowest BCUT2D eigenvalue weighted by Gasteiger charge is -2.28. The molecule has 0 bridgehead atoms. The first kappa shape index (κ1) is 12.2. The zero-order chi connectivity index (χ0) is 12.6. The molecule has 5 nitrogen and oxygen atoms in total. The molecule has 2 heterocycles. The molecule has 0 radical (unpaired) electrons. The third-order valence-corrected chi connectivity index (χ3v) is 2.71. The summed E-state index contributed by atoms with van der Waals surface area (Å²) < 4.78 is 38.6. The van der Waals surface area contributed by atoms with E-state index in [0.29, 0.717) is 30.0 Å². The molecule has 8 heteroatoms. The standard InChI is InChI=1S/C9H13F3N4O/c1-2-7-14-15(5-9(10,11)12)8(17)16(7)6-3-13-4-6/h6,13H,2-5H2,1H3. The second-order valence-corrected chi connectivity index (χ2v) is 4.01. The van der Waals surface area contributed by atoms with E-state index in [1.807, 2.05) is 0 Å². The Hall–Kier alpha value is -1.31. The highest BCUT2D eigenvalue weighted by molar-refractivity contribution is 4.95. The number of nitrogens with one attached hydrogen (secondary N) is 1. The molecule has 1 aliphatic heterocycles. The highest BCUT2D eigenvalue weighted by atomic mass is 19.4. The summed E-state index contributed by atoms with van der Waals surface area (Å²) in [5.41, 5.74) is -0.675. The van der Waals surface area contributed by atoms with Crippen molar-refractivity contribution in [2.24, 2.45) is 0 Å². The van der Waals surface area contributed by atoms with E-state index in [1.165, 1.54) is 4.57 Å². The Bertz CT molecular complexity index is 458. The van der Waals surface area contributed by atoms with Gasteiger partial charge >= 0.3 is 11.9 Å². The Balaban J connectivity index is 2.35. The number of halogens is 3. The van der Waals surface area contributed by atoms with E-state index in [9.17, 15) is 18.0 Å². The zero-order valence-corrected chi connectivity index (χ0v) is 9.29. The molecular weight excluding hydrogens is 237 g/mol. The van der Waals surface area contributed by atoms with Crippen molar-refractivity contribution in [1.29, 1.82) is 0 Å². The van der Waals surface area contributed by atoms with Crippen LogP contribution in [0.15, 0.2) is 4.79 Å². The van der Waals surface area contributed by atoms with Gasteiger partial charge < -0.3 is 5.32 Å². The van der Waals surface area contributed by atoms with Crippen molar-refractivity contribution in [3.05, 3.63) is 16.3 Å². The van der Waals surface area contributed by atoms with E-state index >= 15 is 0 Å². The minimum absolute atomic E-state index is 0.0700. The number of alkyl halides is 3. The van der Waals surface area contributed by atoms with Gasteiger partial charge in [0.2, 0.25) is 0 Å². The van der Waals surface area contributed by atoms with Crippen LogP contribution in [-0.2, 0) is 13.0 Å². The van der Waals surface area contributed by atoms with Gasteiger partial charge in [0.15, 0.2) is 0 Å². The fraction of sp³-hybridized carbons (Fsp3) is 0.778. The number of aromatic nitrogens is 3. The smallest absolute Gasteiger partial charge is 0.313 e. The summed E-state index contributed by atoms with van der Waals surface area (Å²) in [6, 6.07) is -0.0700. The van der Waals surface area contributed by atoms with E-state index in [4.69, 9.17) is 0 Å². The number of rotatable bonds is 3. The molecule has 1 saturated heterocycles. The predicted octanol–water partition coefficient (Wildman–Crippen LogP) is 0.314. The van der Waals surface area contributed by atoms with Crippen molar-refractivity contribution in [2.45, 2.75) is 32.1 Å². The van der Waals surface area contributed by atoms with Crippen LogP contribution < -0.4 is 11.0 Å². The zero-order valence-electron chi connectivity index (χ0n) is 9.29. The van der Waals surface area contributed by atoms with Gasteiger partial charge in [-0.1, -0.05) is 6.92 Å². The van der Waals surface area contributed by atoms with E-state index in [-0.39, 0.29) is 6.04 Å². The van der Waals surface area contributed by atoms with Crippen LogP contribution >= 0.6 is 0 Å². The van der Waals surface area contributed by atoms with Gasteiger partial charge in [-0.05, 0) is 0 Å². The van der Waals surface area contributed by atoms with E-state index in [2.05, 4.69) is 10.4 Å². The Labute approximate surface area is 95.2 Å². The van der Waals surface area contributed by atoms with Crippen LogP contribution in [0.1, 0.15) is 18.8 Å². The quantitative estimate of drug-likeness (QED) is 0.840. The highest BCUT2D eigenvalue weighted by Gasteiger charge is 2.32. The number of hydrogen-bond donors (Lipinski definition) is 1. The van der Waals surface area contributed by atoms with Gasteiger partial charge in [-0.15, -0.1) is 0 Å². The molecule has 96 valence electrons. The average molecular weight is 250 g/mol. The first-order valence-electron chi connectivity index (χ1n) is 5.38. The lowest BCUT2D eigenvalue weighted by molar-refractivity contribution is -0.143. The van der Waals surface area contributed by atoms with Crippen molar-refractivity contribution >= 4 is 0 Å². The van der Waals surface area contributed by atoms with Crippen LogP contribution in [0.2, 0.25) is 0 Å². The SMILES string of the molecule is CCc1nn(CC(F)(F)F)c(=O)n1C1CNC1. The van der Waals surface area contributed by atoms with Gasteiger partial charge in [0.1, 0.15) is 12.4 Å². The molecule has 0 unspecified atom stereocenters. The Morgan fingerprint density at radius 3 is 2.53 bits per heavy atom. The van der Waals surface area contributed by atoms with Crippen molar-refractivity contribution in [3.8, 4) is 0 Å². The van der Waals surface area contributed by atoms with Crippen LogP contribution in [0.25, 0.3) is 0 Å². The lowest BCUT2D eigenvalue weighted by atomic mass is 10.2. The maximum Gasteiger partial charge on any atom is 0.408 e. The second kappa shape index (κ2) is 4.17. The largest absolute Gasteiger partial charge is 0.408 e. The summed E-state index contributed by atoms with van der Waals surface area (Å²) in [5.74, 6) is 0.408. The molecule has 2 rings (SSSR count). The molecule has 0 aromatic carbocycles. The summed E-state index contributed by atoms with van der Waals surface area (Å²) in [5, 5.41) is 6.71. The molecule has 1 fully saturated rings. The molecule has 0 aliphatic carbocycles. The predicted molar refractivity (Wildman–Crippen MR) is 53.8 cm³/mol. The van der Waals surface area contributed by atoms with Gasteiger partial charge in [-0.2, -0.15) is 18.3 Å². The molecule has 0 atom stereocenters. The van der Waals surface area contributed by atoms with Crippen molar-refractivity contribution in [1.82, 2.24) is 19.7 Å². The lowest BCUT2D eigenvalue weighted by Crippen LogP contribution is -2.47. The van der Waals surface area contributed by atoms with E-state index in [1.54, 1.807) is 6.92 Å². The van der Waals surface area contributed by atoms with Crippen LogP contribution in [-0.4, -0.2) is 33.6 Å². The van der Waals surface area contributed by atoms with Crippen LogP contribution in [0.5, 0.6) is 0 Å². The van der Waals surface area contributed by atoms with Crippen LogP contribution in [0, 0.1) is 0 Å². The van der Waals surface area contributed by atoms with E-state index in [0.717, 1.165) is 0 Å². The normalized spacial score (nSPS) is 17.2. The first-order chi connectivity index (χ1) is 7.92. The Kier molecular flexibility index (Phi) is 2.98. The molecular formula is C9H13F3N4O. The minimum atomic E-state index is -4.42. The molecule has 1 N–H and O–H groups in total. The molecule has 1 aromatic rings. The molecule has 1 aromatic heterocycles. The third kappa shape index (κ3) is 2.36. The van der Waals surface area contributed by atoms with Gasteiger partial charge in [-0.3, -0.25) is 4.57 Å². The topological polar surface area (TPSA) is 51.9 Å².